The molecule has 136 valence electrons. The van der Waals surface area contributed by atoms with Gasteiger partial charge in [0.05, 0.1) is 23.8 Å². The molecular weight excluding hydrogens is 358 g/mol. The summed E-state index contributed by atoms with van der Waals surface area (Å²) in [6.07, 6.45) is 0. The van der Waals surface area contributed by atoms with E-state index in [0.717, 1.165) is 10.5 Å². The smallest absolute Gasteiger partial charge is 0.243 e. The van der Waals surface area contributed by atoms with Crippen LogP contribution in [0.1, 0.15) is 25.6 Å². The minimum absolute atomic E-state index is 0.299. The number of nitrogens with zero attached hydrogens (tertiary/aromatic N) is 3. The van der Waals surface area contributed by atoms with Crippen molar-refractivity contribution in [1.82, 2.24) is 8.87 Å². The molecule has 0 aliphatic carbocycles. The Hall–Kier alpha value is -1.48. The lowest BCUT2D eigenvalue weighted by Gasteiger charge is -2.26. The molecule has 25 heavy (non-hydrogen) atoms. The van der Waals surface area contributed by atoms with E-state index in [9.17, 15) is 8.42 Å². The van der Waals surface area contributed by atoms with E-state index in [1.165, 1.54) is 10.00 Å². The Morgan fingerprint density at radius 3 is 2.40 bits per heavy atom. The summed E-state index contributed by atoms with van der Waals surface area (Å²) in [5.41, 5.74) is 1.92. The highest BCUT2D eigenvalue weighted by atomic mass is 32.2. The van der Waals surface area contributed by atoms with E-state index in [4.69, 9.17) is 4.74 Å². The summed E-state index contributed by atoms with van der Waals surface area (Å²) in [6.45, 7) is 7.99. The van der Waals surface area contributed by atoms with E-state index in [2.05, 4.69) is 35.7 Å². The fraction of sp³-hybridized carbons (Fsp3) is 0.471. The van der Waals surface area contributed by atoms with Gasteiger partial charge in [0.2, 0.25) is 10.0 Å². The van der Waals surface area contributed by atoms with Crippen molar-refractivity contribution < 1.29 is 13.2 Å². The number of sulfonamides is 1. The monoisotopic (exact) mass is 381 g/mol. The Kier molecular flexibility index (Phi) is 5.43. The van der Waals surface area contributed by atoms with Crippen LogP contribution in [0.25, 0.3) is 0 Å². The van der Waals surface area contributed by atoms with Gasteiger partial charge in [-0.1, -0.05) is 0 Å². The van der Waals surface area contributed by atoms with E-state index in [-0.39, 0.29) is 0 Å². The van der Waals surface area contributed by atoms with Gasteiger partial charge >= 0.3 is 0 Å². The Labute approximate surface area is 152 Å². The molecule has 1 saturated heterocycles. The highest BCUT2D eigenvalue weighted by molar-refractivity contribution is 7.89. The molecule has 8 heteroatoms. The first kappa shape index (κ1) is 18.3. The van der Waals surface area contributed by atoms with Crippen molar-refractivity contribution in [2.75, 3.05) is 26.3 Å². The second-order valence-electron chi connectivity index (χ2n) is 6.25. The minimum Gasteiger partial charge on any atom is -0.379 e. The van der Waals surface area contributed by atoms with Gasteiger partial charge in [0.15, 0.2) is 4.80 Å². The third-order valence-corrected chi connectivity index (χ3v) is 6.98. The molecule has 0 amide bonds. The highest BCUT2D eigenvalue weighted by Crippen LogP contribution is 2.21. The summed E-state index contributed by atoms with van der Waals surface area (Å²) in [4.78, 5) is 5.88. The predicted octanol–water partition coefficient (Wildman–Crippen LogP) is 2.69. The van der Waals surface area contributed by atoms with E-state index >= 15 is 0 Å². The molecular formula is C17H23N3O3S2. The zero-order valence-electron chi connectivity index (χ0n) is 14.7. The average Bonchev–Trinajstić information content (AvgIpc) is 2.96. The molecule has 1 fully saturated rings. The largest absolute Gasteiger partial charge is 0.379 e. The molecule has 1 aromatic heterocycles. The number of aryl methyl sites for hydroxylation is 1. The van der Waals surface area contributed by atoms with Crippen molar-refractivity contribution in [2.45, 2.75) is 31.7 Å². The number of aromatic nitrogens is 1. The molecule has 0 N–H and O–H groups in total. The number of hydrogen-bond acceptors (Lipinski definition) is 5. The van der Waals surface area contributed by atoms with Gasteiger partial charge < -0.3 is 9.30 Å². The molecule has 1 aromatic carbocycles. The number of hydrogen-bond donors (Lipinski definition) is 0. The first-order valence-corrected chi connectivity index (χ1v) is 10.6. The van der Waals surface area contributed by atoms with Crippen molar-refractivity contribution in [1.29, 1.82) is 0 Å². The molecule has 6 nitrogen and oxygen atoms in total. The van der Waals surface area contributed by atoms with Crippen LogP contribution in [0.5, 0.6) is 0 Å². The van der Waals surface area contributed by atoms with Gasteiger partial charge in [-0.2, -0.15) is 4.31 Å². The fourth-order valence-corrected chi connectivity index (χ4v) is 5.27. The van der Waals surface area contributed by atoms with Crippen molar-refractivity contribution in [3.63, 3.8) is 0 Å². The lowest BCUT2D eigenvalue weighted by atomic mass is 10.3. The summed E-state index contributed by atoms with van der Waals surface area (Å²) in [5.74, 6) is 0. The van der Waals surface area contributed by atoms with Crippen LogP contribution in [-0.2, 0) is 14.8 Å². The van der Waals surface area contributed by atoms with Gasteiger partial charge in [-0.25, -0.2) is 13.4 Å². The zero-order valence-corrected chi connectivity index (χ0v) is 16.3. The van der Waals surface area contributed by atoms with Crippen LogP contribution < -0.4 is 4.80 Å². The number of ether oxygens (including phenoxy) is 1. The van der Waals surface area contributed by atoms with E-state index in [1.807, 2.05) is 0 Å². The molecule has 2 aromatic rings. The molecule has 0 radical (unpaired) electrons. The van der Waals surface area contributed by atoms with Crippen LogP contribution in [-0.4, -0.2) is 43.6 Å². The predicted molar refractivity (Wildman–Crippen MR) is 98.7 cm³/mol. The number of thiazole rings is 1. The summed E-state index contributed by atoms with van der Waals surface area (Å²) in [5, 5.41) is 2.08. The average molecular weight is 382 g/mol. The van der Waals surface area contributed by atoms with Gasteiger partial charge in [-0.15, -0.1) is 11.3 Å². The molecule has 1 aliphatic heterocycles. The van der Waals surface area contributed by atoms with Crippen LogP contribution in [0, 0.1) is 6.92 Å². The second kappa shape index (κ2) is 7.41. The van der Waals surface area contributed by atoms with Crippen LogP contribution >= 0.6 is 11.3 Å². The van der Waals surface area contributed by atoms with Gasteiger partial charge in [0.1, 0.15) is 0 Å². The van der Waals surface area contributed by atoms with Gasteiger partial charge in [-0.05, 0) is 45.0 Å². The molecule has 2 heterocycles. The summed E-state index contributed by atoms with van der Waals surface area (Å²) in [7, 11) is -3.46. The lowest BCUT2D eigenvalue weighted by molar-refractivity contribution is 0.0730. The first-order valence-electron chi connectivity index (χ1n) is 8.29. The van der Waals surface area contributed by atoms with Crippen LogP contribution in [0.4, 0.5) is 5.69 Å². The van der Waals surface area contributed by atoms with Crippen molar-refractivity contribution >= 4 is 27.0 Å². The van der Waals surface area contributed by atoms with Gasteiger partial charge in [0, 0.05) is 30.2 Å². The Bertz CT molecular complexity index is 890. The minimum atomic E-state index is -3.46. The Morgan fingerprint density at radius 1 is 1.16 bits per heavy atom. The van der Waals surface area contributed by atoms with Crippen LogP contribution in [0.2, 0.25) is 0 Å². The van der Waals surface area contributed by atoms with Gasteiger partial charge in [-0.3, -0.25) is 0 Å². The fourth-order valence-electron chi connectivity index (χ4n) is 2.85. The maximum absolute atomic E-state index is 12.6. The van der Waals surface area contributed by atoms with Crippen molar-refractivity contribution in [3.05, 3.63) is 40.1 Å². The maximum atomic E-state index is 12.6. The Balaban J connectivity index is 1.89. The highest BCUT2D eigenvalue weighted by Gasteiger charge is 2.26. The standard InChI is InChI=1S/C17H23N3O3S2/c1-13(2)20-14(3)12-24-17(20)18-15-4-6-16(7-5-15)25(21,22)19-8-10-23-11-9-19/h4-7,12-13H,8-11H2,1-3H3. The summed E-state index contributed by atoms with van der Waals surface area (Å²) >= 11 is 1.59. The first-order chi connectivity index (χ1) is 11.9. The van der Waals surface area contributed by atoms with Crippen LogP contribution in [0.15, 0.2) is 39.5 Å². The van der Waals surface area contributed by atoms with E-state index in [1.54, 1.807) is 35.6 Å². The van der Waals surface area contributed by atoms with Gasteiger partial charge in [0.25, 0.3) is 0 Å². The molecule has 1 aliphatic rings. The van der Waals surface area contributed by atoms with E-state index < -0.39 is 10.0 Å². The second-order valence-corrected chi connectivity index (χ2v) is 9.02. The zero-order chi connectivity index (χ0) is 18.0. The summed E-state index contributed by atoms with van der Waals surface area (Å²) in [6, 6.07) is 7.10. The third kappa shape index (κ3) is 3.87. The third-order valence-electron chi connectivity index (χ3n) is 4.11. The van der Waals surface area contributed by atoms with Crippen LogP contribution in [0.3, 0.4) is 0 Å². The SMILES string of the molecule is Cc1csc(=Nc2ccc(S(=O)(=O)N3CCOCC3)cc2)n1C(C)C. The Morgan fingerprint density at radius 2 is 1.80 bits per heavy atom. The molecule has 3 rings (SSSR count). The molecule has 0 atom stereocenters. The molecule has 0 bridgehead atoms. The quantitative estimate of drug-likeness (QED) is 0.818. The maximum Gasteiger partial charge on any atom is 0.243 e. The molecule has 0 saturated carbocycles. The van der Waals surface area contributed by atoms with E-state index in [0.29, 0.717) is 37.2 Å². The topological polar surface area (TPSA) is 63.9 Å². The van der Waals surface area contributed by atoms with Crippen molar-refractivity contribution in [2.24, 2.45) is 4.99 Å². The normalized spacial score (nSPS) is 17.4. The number of rotatable bonds is 4. The lowest BCUT2D eigenvalue weighted by Crippen LogP contribution is -2.40. The van der Waals surface area contributed by atoms with Crippen molar-refractivity contribution in [3.8, 4) is 0 Å². The molecule has 0 spiro atoms. The number of morpholine rings is 1. The number of benzene rings is 1. The summed E-state index contributed by atoms with van der Waals surface area (Å²) < 4.78 is 34.1. The molecule has 0 unspecified atom stereocenters.